The molecule has 6 rings (SSSR count). The Bertz CT molecular complexity index is 1750. The van der Waals surface area contributed by atoms with E-state index in [0.717, 1.165) is 31.7 Å². The molecule has 12 nitrogen and oxygen atoms in total. The number of aromatic nitrogens is 4. The fourth-order valence-corrected chi connectivity index (χ4v) is 5.70. The minimum absolute atomic E-state index is 0.0655. The van der Waals surface area contributed by atoms with E-state index < -0.39 is 17.7 Å². The monoisotopic (exact) mass is 609 g/mol. The molecule has 1 N–H and O–H groups in total. The van der Waals surface area contributed by atoms with Gasteiger partial charge >= 0.3 is 12.1 Å². The van der Waals surface area contributed by atoms with Crippen LogP contribution in [0.1, 0.15) is 50.5 Å². The third-order valence-corrected chi connectivity index (χ3v) is 7.96. The van der Waals surface area contributed by atoms with Crippen LogP contribution in [0.15, 0.2) is 54.7 Å². The van der Waals surface area contributed by atoms with Crippen molar-refractivity contribution < 1.29 is 24.2 Å². The van der Waals surface area contributed by atoms with Crippen molar-refractivity contribution in [2.24, 2.45) is 5.92 Å². The number of carboxylic acid groups (broad SMARTS) is 1. The van der Waals surface area contributed by atoms with E-state index in [1.165, 1.54) is 6.07 Å². The number of amides is 1. The predicted molar refractivity (Wildman–Crippen MR) is 166 cm³/mol. The molecule has 4 aromatic rings. The van der Waals surface area contributed by atoms with Gasteiger partial charge in [-0.3, -0.25) is 0 Å². The number of ether oxygens (including phenoxy) is 2. The fourth-order valence-electron chi connectivity index (χ4n) is 5.70. The number of para-hydroxylation sites is 1. The summed E-state index contributed by atoms with van der Waals surface area (Å²) in [6, 6.07) is 17.0. The van der Waals surface area contributed by atoms with Crippen molar-refractivity contribution in [3.05, 3.63) is 60.4 Å². The van der Waals surface area contributed by atoms with Crippen molar-refractivity contribution in [1.29, 1.82) is 5.26 Å². The molecule has 232 valence electrons. The van der Waals surface area contributed by atoms with Gasteiger partial charge in [0.25, 0.3) is 0 Å². The maximum Gasteiger partial charge on any atom is 0.410 e. The summed E-state index contributed by atoms with van der Waals surface area (Å²) >= 11 is 0. The van der Waals surface area contributed by atoms with Crippen molar-refractivity contribution in [2.75, 3.05) is 31.1 Å². The Balaban J connectivity index is 1.39. The Morgan fingerprint density at radius 2 is 1.80 bits per heavy atom. The molecule has 0 radical (unpaired) electrons. The molecule has 12 heteroatoms. The van der Waals surface area contributed by atoms with Crippen molar-refractivity contribution >= 4 is 28.9 Å². The first-order valence-electron chi connectivity index (χ1n) is 15.1. The molecule has 0 spiro atoms. The van der Waals surface area contributed by atoms with E-state index in [1.807, 2.05) is 63.2 Å². The summed E-state index contributed by atoms with van der Waals surface area (Å²) in [6.45, 7) is 7.78. The first kappa shape index (κ1) is 29.9. The summed E-state index contributed by atoms with van der Waals surface area (Å²) in [5.74, 6) is -0.0265. The second-order valence-corrected chi connectivity index (χ2v) is 12.4. The average molecular weight is 610 g/mol. The molecule has 45 heavy (non-hydrogen) atoms. The topological polar surface area (TPSA) is 147 Å². The number of rotatable bonds is 6. The van der Waals surface area contributed by atoms with E-state index in [1.54, 1.807) is 15.8 Å². The van der Waals surface area contributed by atoms with Crippen LogP contribution in [0.25, 0.3) is 27.8 Å². The summed E-state index contributed by atoms with van der Waals surface area (Å²) in [7, 11) is 0. The van der Waals surface area contributed by atoms with Crippen LogP contribution in [0.4, 0.5) is 10.6 Å². The van der Waals surface area contributed by atoms with Crippen LogP contribution < -0.4 is 9.64 Å². The number of nitriles is 1. The smallest absolute Gasteiger partial charge is 0.410 e. The average Bonchev–Trinajstić information content (AvgIpc) is 3.66. The molecule has 1 aromatic carbocycles. The molecule has 3 aromatic heterocycles. The lowest BCUT2D eigenvalue weighted by atomic mass is 9.98. The first-order valence-corrected chi connectivity index (χ1v) is 15.1. The zero-order chi connectivity index (χ0) is 31.7. The number of hydrogen-bond donors (Lipinski definition) is 1. The lowest BCUT2D eigenvalue weighted by molar-refractivity contribution is 0.0275. The molecule has 2 aliphatic rings. The second kappa shape index (κ2) is 12.1. The maximum absolute atomic E-state index is 12.7. The molecule has 2 fully saturated rings. The number of carboxylic acids is 1. The van der Waals surface area contributed by atoms with Crippen molar-refractivity contribution in [3.63, 3.8) is 0 Å². The highest BCUT2D eigenvalue weighted by Crippen LogP contribution is 2.38. The molecule has 1 unspecified atom stereocenters. The van der Waals surface area contributed by atoms with Crippen LogP contribution in [-0.4, -0.2) is 79.7 Å². The Hall–Kier alpha value is -5.18. The van der Waals surface area contributed by atoms with E-state index in [9.17, 15) is 20.0 Å². The molecule has 5 heterocycles. The number of carbonyl (C=O) groups excluding carboxylic acids is 1. The van der Waals surface area contributed by atoms with Crippen molar-refractivity contribution in [2.45, 2.75) is 51.7 Å². The number of pyridine rings is 2. The lowest BCUT2D eigenvalue weighted by Crippen LogP contribution is -2.36. The number of aromatic carboxylic acids is 1. The summed E-state index contributed by atoms with van der Waals surface area (Å²) in [4.78, 5) is 38.0. The van der Waals surface area contributed by atoms with Crippen LogP contribution in [0.2, 0.25) is 0 Å². The van der Waals surface area contributed by atoms with E-state index in [0.29, 0.717) is 47.4 Å². The Morgan fingerprint density at radius 3 is 2.44 bits per heavy atom. The molecular formula is C33H35N7O5. The fraction of sp³-hybridized carbons (Fsp3) is 0.394. The number of likely N-dealkylation sites (tertiary alicyclic amines) is 1. The zero-order valence-electron chi connectivity index (χ0n) is 25.5. The Morgan fingerprint density at radius 1 is 1.04 bits per heavy atom. The number of nitrogens with zero attached hydrogens (tertiary/aromatic N) is 7. The normalized spacial score (nSPS) is 17.3. The number of carbonyl (C=O) groups is 2. The first-order chi connectivity index (χ1) is 21.6. The molecular weight excluding hydrogens is 574 g/mol. The summed E-state index contributed by atoms with van der Waals surface area (Å²) in [5.41, 5.74) is 1.52. The standard InChI is InChI=1S/C33H35N7O5/c1-33(2,3)45-32(43)39-16-13-24(20-39)44-30-28-25(22-9-10-27(35-19-22)38-14-11-21(18-34)12-15-38)17-26(31(41)42)36-29(28)40(37-30)23-7-5-4-6-8-23/h4-10,17,19,21,24H,11-16,20H2,1-3H3,(H,41,42). The van der Waals surface area contributed by atoms with Crippen LogP contribution in [0, 0.1) is 17.2 Å². The Labute approximate surface area is 260 Å². The van der Waals surface area contributed by atoms with Gasteiger partial charge in [0.15, 0.2) is 11.3 Å². The zero-order valence-corrected chi connectivity index (χ0v) is 25.5. The summed E-state index contributed by atoms with van der Waals surface area (Å²) in [5, 5.41) is 24.6. The van der Waals surface area contributed by atoms with Crippen LogP contribution >= 0.6 is 0 Å². The maximum atomic E-state index is 12.7. The number of piperidine rings is 1. The molecule has 0 saturated carbocycles. The number of anilines is 1. The summed E-state index contributed by atoms with van der Waals surface area (Å²) in [6.07, 6.45) is 3.12. The van der Waals surface area contributed by atoms with Crippen LogP contribution in [0.3, 0.4) is 0 Å². The van der Waals surface area contributed by atoms with E-state index in [-0.39, 0.29) is 23.6 Å². The van der Waals surface area contributed by atoms with E-state index in [4.69, 9.17) is 19.6 Å². The van der Waals surface area contributed by atoms with Crippen molar-refractivity contribution in [3.8, 4) is 28.8 Å². The van der Waals surface area contributed by atoms with Gasteiger partial charge in [-0.25, -0.2) is 24.2 Å². The van der Waals surface area contributed by atoms with Crippen LogP contribution in [0.5, 0.6) is 5.88 Å². The van der Waals surface area contributed by atoms with Gasteiger partial charge in [-0.1, -0.05) is 18.2 Å². The molecule has 0 bridgehead atoms. The van der Waals surface area contributed by atoms with Crippen LogP contribution in [-0.2, 0) is 4.74 Å². The minimum atomic E-state index is -1.17. The molecule has 2 aliphatic heterocycles. The largest absolute Gasteiger partial charge is 0.477 e. The summed E-state index contributed by atoms with van der Waals surface area (Å²) < 4.78 is 13.6. The third-order valence-electron chi connectivity index (χ3n) is 7.96. The predicted octanol–water partition coefficient (Wildman–Crippen LogP) is 5.31. The van der Waals surface area contributed by atoms with Gasteiger partial charge in [0.1, 0.15) is 17.5 Å². The molecule has 2 saturated heterocycles. The molecule has 1 amide bonds. The van der Waals surface area contributed by atoms with Gasteiger partial charge in [-0.2, -0.15) is 5.26 Å². The van der Waals surface area contributed by atoms with E-state index in [2.05, 4.69) is 16.0 Å². The lowest BCUT2D eigenvalue weighted by Gasteiger charge is -2.30. The molecule has 1 atom stereocenters. The SMILES string of the molecule is CC(C)(C)OC(=O)N1CCC(Oc2nn(-c3ccccc3)c3nc(C(=O)O)cc(-c4ccc(N5CCC(C#N)CC5)nc4)c23)C1. The van der Waals surface area contributed by atoms with E-state index >= 15 is 0 Å². The number of benzene rings is 1. The third kappa shape index (κ3) is 6.38. The van der Waals surface area contributed by atoms with Gasteiger partial charge in [0.05, 0.1) is 23.7 Å². The molecule has 0 aliphatic carbocycles. The number of hydrogen-bond acceptors (Lipinski definition) is 9. The highest BCUT2D eigenvalue weighted by atomic mass is 16.6. The minimum Gasteiger partial charge on any atom is -0.477 e. The van der Waals surface area contributed by atoms with Gasteiger partial charge in [0.2, 0.25) is 5.88 Å². The second-order valence-electron chi connectivity index (χ2n) is 12.4. The quantitative estimate of drug-likeness (QED) is 0.305. The van der Waals surface area contributed by atoms with Gasteiger partial charge in [-0.05, 0) is 63.9 Å². The highest BCUT2D eigenvalue weighted by molar-refractivity contribution is 6.01. The van der Waals surface area contributed by atoms with Gasteiger partial charge in [-0.15, -0.1) is 5.10 Å². The van der Waals surface area contributed by atoms with Crippen molar-refractivity contribution in [1.82, 2.24) is 24.6 Å². The van der Waals surface area contributed by atoms with Gasteiger partial charge in [0, 0.05) is 49.3 Å². The van der Waals surface area contributed by atoms with Gasteiger partial charge < -0.3 is 24.4 Å². The number of fused-ring (bicyclic) bond motifs is 1. The Kier molecular flexibility index (Phi) is 8.01. The highest BCUT2D eigenvalue weighted by Gasteiger charge is 2.33.